The van der Waals surface area contributed by atoms with E-state index in [0.717, 1.165) is 0 Å². The van der Waals surface area contributed by atoms with Crippen molar-refractivity contribution in [2.75, 3.05) is 13.2 Å². The van der Waals surface area contributed by atoms with Gasteiger partial charge in [-0.3, -0.25) is 9.97 Å². The molecule has 7 heteroatoms. The molecule has 0 saturated heterocycles. The zero-order chi connectivity index (χ0) is 19.9. The molecule has 0 saturated carbocycles. The number of esters is 2. The summed E-state index contributed by atoms with van der Waals surface area (Å²) in [6.07, 6.45) is 3.33. The van der Waals surface area contributed by atoms with E-state index < -0.39 is 11.9 Å². The number of rotatable bonds is 6. The molecule has 0 unspecified atom stereocenters. The van der Waals surface area contributed by atoms with Crippen LogP contribution >= 0.6 is 0 Å². The molecule has 3 heterocycles. The van der Waals surface area contributed by atoms with Crippen molar-refractivity contribution in [1.82, 2.24) is 15.3 Å². The van der Waals surface area contributed by atoms with Crippen molar-refractivity contribution in [3.8, 4) is 0 Å². The van der Waals surface area contributed by atoms with Crippen molar-refractivity contribution >= 4 is 23.3 Å². The van der Waals surface area contributed by atoms with Crippen molar-refractivity contribution in [3.63, 3.8) is 0 Å². The Bertz CT molecular complexity index is 846. The summed E-state index contributed by atoms with van der Waals surface area (Å²) in [5, 5.41) is 3.20. The molecular formula is C21H21N3O4. The van der Waals surface area contributed by atoms with Crippen molar-refractivity contribution < 1.29 is 19.1 Å². The first-order valence-electron chi connectivity index (χ1n) is 9.06. The van der Waals surface area contributed by atoms with Crippen LogP contribution in [-0.2, 0) is 19.1 Å². The molecule has 7 nitrogen and oxygen atoms in total. The highest BCUT2D eigenvalue weighted by Crippen LogP contribution is 2.33. The van der Waals surface area contributed by atoms with Gasteiger partial charge in [0.25, 0.3) is 0 Å². The van der Waals surface area contributed by atoms with Crippen LogP contribution in [0.1, 0.15) is 31.7 Å². The number of nitrogens with one attached hydrogen (secondary N) is 1. The highest BCUT2D eigenvalue weighted by Gasteiger charge is 2.32. The molecule has 3 rings (SSSR count). The number of nitrogens with zero attached hydrogens (tertiary/aromatic N) is 2. The summed E-state index contributed by atoms with van der Waals surface area (Å²) < 4.78 is 10.4. The molecule has 0 bridgehead atoms. The first-order valence-corrected chi connectivity index (χ1v) is 9.06. The number of carbonyl (C=O) groups is 2. The maximum Gasteiger partial charge on any atom is 0.336 e. The number of hydrogen-bond acceptors (Lipinski definition) is 7. The molecular weight excluding hydrogens is 358 g/mol. The molecule has 0 atom stereocenters. The third-order valence-corrected chi connectivity index (χ3v) is 4.09. The van der Waals surface area contributed by atoms with E-state index in [1.165, 1.54) is 0 Å². The molecule has 0 aliphatic carbocycles. The Kier molecular flexibility index (Phi) is 6.16. The standard InChI is InChI=1S/C21H21N3O4/c1-3-27-20(25)14-13-15(21(26)28-4-2)19(17-10-6-8-12-23-17)24-18(14)16-9-5-7-11-22-16/h5-12,24H,3-4,13H2,1-2H3. The van der Waals surface area contributed by atoms with Crippen LogP contribution in [0.25, 0.3) is 11.4 Å². The Labute approximate surface area is 163 Å². The summed E-state index contributed by atoms with van der Waals surface area (Å²) in [5.74, 6) is -1.00. The van der Waals surface area contributed by atoms with Crippen LogP contribution in [0.3, 0.4) is 0 Å². The van der Waals surface area contributed by atoms with Gasteiger partial charge >= 0.3 is 11.9 Å². The highest BCUT2D eigenvalue weighted by atomic mass is 16.5. The minimum atomic E-state index is -0.502. The molecule has 2 aromatic rings. The molecule has 0 aromatic carbocycles. The third kappa shape index (κ3) is 4.09. The number of pyridine rings is 2. The predicted octanol–water partition coefficient (Wildman–Crippen LogP) is 2.72. The van der Waals surface area contributed by atoms with Crippen LogP contribution in [0.5, 0.6) is 0 Å². The lowest BCUT2D eigenvalue weighted by molar-refractivity contribution is -0.139. The summed E-state index contributed by atoms with van der Waals surface area (Å²) in [4.78, 5) is 33.9. The van der Waals surface area contributed by atoms with E-state index in [1.807, 2.05) is 12.1 Å². The van der Waals surface area contributed by atoms with Crippen molar-refractivity contribution in [3.05, 3.63) is 71.3 Å². The highest BCUT2D eigenvalue weighted by molar-refractivity contribution is 6.07. The second kappa shape index (κ2) is 8.94. The number of aromatic nitrogens is 2. The summed E-state index contributed by atoms with van der Waals surface area (Å²) >= 11 is 0. The summed E-state index contributed by atoms with van der Waals surface area (Å²) in [5.41, 5.74) is 2.77. The first kappa shape index (κ1) is 19.3. The van der Waals surface area contributed by atoms with Gasteiger partial charge in [-0.2, -0.15) is 0 Å². The molecule has 1 aliphatic rings. The van der Waals surface area contributed by atoms with Gasteiger partial charge in [0.05, 0.1) is 47.1 Å². The Balaban J connectivity index is 2.13. The van der Waals surface area contributed by atoms with Gasteiger partial charge in [-0.05, 0) is 38.1 Å². The predicted molar refractivity (Wildman–Crippen MR) is 103 cm³/mol. The van der Waals surface area contributed by atoms with Gasteiger partial charge in [0.15, 0.2) is 0 Å². The van der Waals surface area contributed by atoms with Crippen LogP contribution in [0, 0.1) is 0 Å². The van der Waals surface area contributed by atoms with Gasteiger partial charge in [0.2, 0.25) is 0 Å². The van der Waals surface area contributed by atoms with E-state index >= 15 is 0 Å². The molecule has 0 fully saturated rings. The minimum absolute atomic E-state index is 0.0580. The third-order valence-electron chi connectivity index (χ3n) is 4.09. The average molecular weight is 379 g/mol. The van der Waals surface area contributed by atoms with Crippen molar-refractivity contribution in [1.29, 1.82) is 0 Å². The zero-order valence-corrected chi connectivity index (χ0v) is 15.8. The van der Waals surface area contributed by atoms with E-state index in [0.29, 0.717) is 33.9 Å². The second-order valence-electron chi connectivity index (χ2n) is 5.88. The minimum Gasteiger partial charge on any atom is -0.463 e. The van der Waals surface area contributed by atoms with Gasteiger partial charge in [-0.1, -0.05) is 12.1 Å². The molecule has 2 aromatic heterocycles. The zero-order valence-electron chi connectivity index (χ0n) is 15.8. The number of carbonyl (C=O) groups excluding carboxylic acids is 2. The van der Waals surface area contributed by atoms with Gasteiger partial charge in [0, 0.05) is 18.8 Å². The van der Waals surface area contributed by atoms with Crippen LogP contribution in [0.4, 0.5) is 0 Å². The van der Waals surface area contributed by atoms with E-state index in [9.17, 15) is 9.59 Å². The van der Waals surface area contributed by atoms with Crippen LogP contribution in [0.15, 0.2) is 59.9 Å². The van der Waals surface area contributed by atoms with Gasteiger partial charge in [-0.15, -0.1) is 0 Å². The maximum atomic E-state index is 12.6. The fraction of sp³-hybridized carbons (Fsp3) is 0.238. The fourth-order valence-electron chi connectivity index (χ4n) is 2.87. The molecule has 1 N–H and O–H groups in total. The lowest BCUT2D eigenvalue weighted by Gasteiger charge is -2.25. The lowest BCUT2D eigenvalue weighted by atomic mass is 9.94. The Hall–Kier alpha value is -3.48. The molecule has 0 amide bonds. The molecule has 28 heavy (non-hydrogen) atoms. The van der Waals surface area contributed by atoms with E-state index in [-0.39, 0.29) is 19.6 Å². The second-order valence-corrected chi connectivity index (χ2v) is 5.88. The van der Waals surface area contributed by atoms with E-state index in [4.69, 9.17) is 9.47 Å². The largest absolute Gasteiger partial charge is 0.463 e. The molecule has 1 aliphatic heterocycles. The average Bonchev–Trinajstić information content (AvgIpc) is 2.74. The smallest absolute Gasteiger partial charge is 0.336 e. The lowest BCUT2D eigenvalue weighted by Crippen LogP contribution is -2.28. The van der Waals surface area contributed by atoms with Crippen molar-refractivity contribution in [2.45, 2.75) is 20.3 Å². The van der Waals surface area contributed by atoms with E-state index in [2.05, 4.69) is 15.3 Å². The quantitative estimate of drug-likeness (QED) is 0.772. The molecule has 0 spiro atoms. The van der Waals surface area contributed by atoms with Gasteiger partial charge in [-0.25, -0.2) is 9.59 Å². The molecule has 0 radical (unpaired) electrons. The van der Waals surface area contributed by atoms with Crippen molar-refractivity contribution in [2.24, 2.45) is 0 Å². The Morgan fingerprint density at radius 2 is 1.32 bits per heavy atom. The normalized spacial score (nSPS) is 13.8. The van der Waals surface area contributed by atoms with Crippen LogP contribution in [-0.4, -0.2) is 35.1 Å². The molecule has 144 valence electrons. The monoisotopic (exact) mass is 379 g/mol. The Morgan fingerprint density at radius 3 is 1.68 bits per heavy atom. The summed E-state index contributed by atoms with van der Waals surface area (Å²) in [7, 11) is 0. The van der Waals surface area contributed by atoms with Gasteiger partial charge in [0.1, 0.15) is 0 Å². The number of hydrogen-bond donors (Lipinski definition) is 1. The van der Waals surface area contributed by atoms with Crippen LogP contribution in [0.2, 0.25) is 0 Å². The first-order chi connectivity index (χ1) is 13.7. The maximum absolute atomic E-state index is 12.6. The van der Waals surface area contributed by atoms with E-state index in [1.54, 1.807) is 50.5 Å². The number of ether oxygens (including phenoxy) is 2. The van der Waals surface area contributed by atoms with Gasteiger partial charge < -0.3 is 14.8 Å². The topological polar surface area (TPSA) is 90.4 Å². The summed E-state index contributed by atoms with van der Waals surface area (Å²) in [6.45, 7) is 3.92. The Morgan fingerprint density at radius 1 is 0.857 bits per heavy atom. The van der Waals surface area contributed by atoms with Crippen LogP contribution < -0.4 is 5.32 Å². The fourth-order valence-corrected chi connectivity index (χ4v) is 2.87. The summed E-state index contributed by atoms with van der Waals surface area (Å²) in [6, 6.07) is 10.8. The number of dihydropyridines is 1. The SMILES string of the molecule is CCOC(=O)C1=C(c2ccccn2)NC(c2ccccn2)=C(C(=O)OCC)C1.